The Hall–Kier alpha value is 1.31. The van der Waals surface area contributed by atoms with E-state index < -0.39 is 10.4 Å². The van der Waals surface area contributed by atoms with E-state index in [1.807, 2.05) is 0 Å². The first-order valence-corrected chi connectivity index (χ1v) is 10.3. The van der Waals surface area contributed by atoms with Crippen molar-refractivity contribution < 1.29 is 81.7 Å². The maximum atomic E-state index is 8.66. The first kappa shape index (κ1) is 34.8. The molecule has 0 saturated heterocycles. The van der Waals surface area contributed by atoms with Gasteiger partial charge in [0, 0.05) is 17.0 Å². The number of allylic oxidation sites excluding steroid dienone is 4. The van der Waals surface area contributed by atoms with Crippen molar-refractivity contribution >= 4 is 10.4 Å². The molecule has 0 aromatic carbocycles. The van der Waals surface area contributed by atoms with Gasteiger partial charge in [0.05, 0.1) is 0 Å². The Labute approximate surface area is 205 Å². The molecule has 0 fully saturated rings. The topological polar surface area (TPSA) is 100 Å². The Morgan fingerprint density at radius 2 is 1.12 bits per heavy atom. The third-order valence-corrected chi connectivity index (χ3v) is 3.36. The molecule has 0 rings (SSSR count). The van der Waals surface area contributed by atoms with Gasteiger partial charge >= 0.3 is 59.1 Å². The predicted octanol–water partition coefficient (Wildman–Crippen LogP) is -1.54. The minimum atomic E-state index is -5.17. The van der Waals surface area contributed by atoms with Crippen molar-refractivity contribution in [3.05, 3.63) is 24.3 Å². The molecule has 0 heterocycles. The van der Waals surface area contributed by atoms with E-state index in [0.29, 0.717) is 6.61 Å². The van der Waals surface area contributed by atoms with Crippen LogP contribution in [-0.2, 0) is 10.4 Å². The van der Waals surface area contributed by atoms with Crippen LogP contribution in [0.25, 0.3) is 0 Å². The molecule has 0 aromatic rings. The van der Waals surface area contributed by atoms with E-state index in [1.165, 1.54) is 64.2 Å². The Bertz CT molecular complexity index is 390. The zero-order valence-corrected chi connectivity index (χ0v) is 21.8. The van der Waals surface area contributed by atoms with E-state index in [1.54, 1.807) is 0 Å². The maximum absolute atomic E-state index is 8.66. The summed E-state index contributed by atoms with van der Waals surface area (Å²) in [4.78, 5) is 0. The fraction of sp³-hybridized carbons (Fsp3) is 0.778. The van der Waals surface area contributed by atoms with Crippen LogP contribution < -0.4 is 59.1 Å². The van der Waals surface area contributed by atoms with E-state index >= 15 is 0 Å². The Morgan fingerprint density at radius 3 is 1.54 bits per heavy atom. The SMILES string of the molecule is CCCCC/C=C\C/C=C\CCCCCCCCO.O=S(=O)([O-])[O-].[Na+].[Na+]. The van der Waals surface area contributed by atoms with Gasteiger partial charge in [0.15, 0.2) is 0 Å². The minimum absolute atomic E-state index is 0. The first-order chi connectivity index (χ1) is 11.4. The molecule has 0 atom stereocenters. The third kappa shape index (κ3) is 49.9. The number of aliphatic hydroxyl groups excluding tert-OH is 1. The summed E-state index contributed by atoms with van der Waals surface area (Å²) in [6.45, 7) is 2.60. The van der Waals surface area contributed by atoms with Gasteiger partial charge in [-0.1, -0.05) is 69.8 Å². The number of unbranched alkanes of at least 4 members (excludes halogenated alkanes) is 9. The van der Waals surface area contributed by atoms with Gasteiger partial charge in [0.1, 0.15) is 0 Å². The molecule has 0 radical (unpaired) electrons. The van der Waals surface area contributed by atoms with Crippen molar-refractivity contribution in [2.24, 2.45) is 0 Å². The molecule has 8 heteroatoms. The van der Waals surface area contributed by atoms with Crippen LogP contribution in [0.4, 0.5) is 0 Å². The number of hydrogen-bond acceptors (Lipinski definition) is 5. The Balaban J connectivity index is -0.000000304. The van der Waals surface area contributed by atoms with Gasteiger partial charge in [-0.3, -0.25) is 8.42 Å². The van der Waals surface area contributed by atoms with Gasteiger partial charge in [0.2, 0.25) is 0 Å². The molecule has 5 nitrogen and oxygen atoms in total. The molecule has 144 valence electrons. The van der Waals surface area contributed by atoms with E-state index in [2.05, 4.69) is 31.2 Å². The van der Waals surface area contributed by atoms with Crippen LogP contribution >= 0.6 is 0 Å². The summed E-state index contributed by atoms with van der Waals surface area (Å²) >= 11 is 0. The second-order valence-corrected chi connectivity index (χ2v) is 6.53. The summed E-state index contributed by atoms with van der Waals surface area (Å²) in [6.07, 6.45) is 24.2. The second-order valence-electron chi connectivity index (χ2n) is 5.72. The van der Waals surface area contributed by atoms with Crippen molar-refractivity contribution in [2.45, 2.75) is 84.0 Å². The molecule has 0 aliphatic rings. The molecule has 0 spiro atoms. The van der Waals surface area contributed by atoms with Crippen LogP contribution in [0.5, 0.6) is 0 Å². The molecule has 0 bridgehead atoms. The average Bonchev–Trinajstić information content (AvgIpc) is 2.49. The molecule has 1 N–H and O–H groups in total. The van der Waals surface area contributed by atoms with Crippen molar-refractivity contribution in [1.82, 2.24) is 0 Å². The van der Waals surface area contributed by atoms with Crippen molar-refractivity contribution in [2.75, 3.05) is 6.61 Å². The maximum Gasteiger partial charge on any atom is 1.00 e. The fourth-order valence-electron chi connectivity index (χ4n) is 2.10. The van der Waals surface area contributed by atoms with Crippen molar-refractivity contribution in [3.8, 4) is 0 Å². The third-order valence-electron chi connectivity index (χ3n) is 3.36. The van der Waals surface area contributed by atoms with Gasteiger partial charge in [-0.15, -0.1) is 0 Å². The fourth-order valence-corrected chi connectivity index (χ4v) is 2.10. The van der Waals surface area contributed by atoms with Crippen LogP contribution in [0, 0.1) is 0 Å². The molecule has 0 saturated carbocycles. The standard InChI is InChI=1S/C18H34O.2Na.H2O4S/c1-2-3-4-5-6-7-8-9-10-11-12-13-14-15-16-17-18-19;;;1-5(2,3)4/h6-7,9-10,19H,2-5,8,11-18H2,1H3;;;(H2,1,2,3,4)/q;2*+1;/p-2/b7-6-,10-9-;;;. The van der Waals surface area contributed by atoms with E-state index in [0.717, 1.165) is 12.8 Å². The van der Waals surface area contributed by atoms with Crippen molar-refractivity contribution in [3.63, 3.8) is 0 Å². The summed E-state index contributed by atoms with van der Waals surface area (Å²) in [5.74, 6) is 0. The van der Waals surface area contributed by atoms with Crippen LogP contribution in [0.1, 0.15) is 84.0 Å². The number of rotatable bonds is 14. The number of aliphatic hydroxyl groups is 1. The molecule has 0 unspecified atom stereocenters. The quantitative estimate of drug-likeness (QED) is 0.123. The molecular formula is C18H34Na2O5S. The molecule has 0 amide bonds. The number of hydrogen-bond donors (Lipinski definition) is 1. The van der Waals surface area contributed by atoms with Gasteiger partial charge < -0.3 is 14.2 Å². The monoisotopic (exact) mass is 408 g/mol. The zero-order chi connectivity index (χ0) is 18.5. The van der Waals surface area contributed by atoms with Gasteiger partial charge in [0.25, 0.3) is 0 Å². The van der Waals surface area contributed by atoms with Gasteiger partial charge in [-0.25, -0.2) is 0 Å². The zero-order valence-electron chi connectivity index (χ0n) is 17.0. The Morgan fingerprint density at radius 1 is 0.731 bits per heavy atom. The van der Waals surface area contributed by atoms with Gasteiger partial charge in [-0.05, 0) is 38.5 Å². The van der Waals surface area contributed by atoms with E-state index in [4.69, 9.17) is 22.6 Å². The first-order valence-electron chi connectivity index (χ1n) is 8.99. The molecule has 0 aliphatic heterocycles. The normalized spacial score (nSPS) is 10.9. The molecule has 26 heavy (non-hydrogen) atoms. The average molecular weight is 409 g/mol. The second kappa shape index (κ2) is 28.5. The predicted molar refractivity (Wildman–Crippen MR) is 96.9 cm³/mol. The smallest absolute Gasteiger partial charge is 0.759 e. The summed E-state index contributed by atoms with van der Waals surface area (Å²) in [6, 6.07) is 0. The van der Waals surface area contributed by atoms with E-state index in [-0.39, 0.29) is 59.1 Å². The van der Waals surface area contributed by atoms with Crippen LogP contribution in [0.15, 0.2) is 24.3 Å². The summed E-state index contributed by atoms with van der Waals surface area (Å²) < 4.78 is 34.1. The van der Waals surface area contributed by atoms with Crippen LogP contribution in [0.3, 0.4) is 0 Å². The summed E-state index contributed by atoms with van der Waals surface area (Å²) in [5, 5.41) is 8.66. The summed E-state index contributed by atoms with van der Waals surface area (Å²) in [5.41, 5.74) is 0. The van der Waals surface area contributed by atoms with Crippen LogP contribution in [0.2, 0.25) is 0 Å². The van der Waals surface area contributed by atoms with Gasteiger partial charge in [-0.2, -0.15) is 0 Å². The summed E-state index contributed by atoms with van der Waals surface area (Å²) in [7, 11) is -5.17. The van der Waals surface area contributed by atoms with Crippen LogP contribution in [-0.4, -0.2) is 29.2 Å². The molecule has 0 aromatic heterocycles. The molecular weight excluding hydrogens is 374 g/mol. The largest absolute Gasteiger partial charge is 1.00 e. The van der Waals surface area contributed by atoms with Crippen molar-refractivity contribution in [1.29, 1.82) is 0 Å². The molecule has 0 aliphatic carbocycles. The van der Waals surface area contributed by atoms with E-state index in [9.17, 15) is 0 Å². The minimum Gasteiger partial charge on any atom is -0.759 e. The Kier molecular flexibility index (Phi) is 38.2.